The number of rotatable bonds is 5. The average molecular weight is 411 g/mol. The molecule has 1 unspecified atom stereocenters. The number of hydrogen-bond acceptors (Lipinski definition) is 3. The second-order valence-corrected chi connectivity index (χ2v) is 7.77. The highest BCUT2D eigenvalue weighted by atomic mass is 127. The normalized spacial score (nSPS) is 12.9. The first-order chi connectivity index (χ1) is 10.2. The molecule has 0 bridgehead atoms. The Morgan fingerprint density at radius 3 is 2.76 bits per heavy atom. The SMILES string of the molecule is CCNC(c1csc(I)c1)c1c(CC)oc2ccccc12. The third kappa shape index (κ3) is 2.89. The van der Waals surface area contributed by atoms with Gasteiger partial charge in [-0.05, 0) is 52.2 Å². The van der Waals surface area contributed by atoms with E-state index in [1.165, 1.54) is 19.4 Å². The van der Waals surface area contributed by atoms with Gasteiger partial charge < -0.3 is 9.73 Å². The van der Waals surface area contributed by atoms with Crippen molar-refractivity contribution in [2.45, 2.75) is 26.3 Å². The molecule has 2 nitrogen and oxygen atoms in total. The van der Waals surface area contributed by atoms with Crippen LogP contribution in [0.3, 0.4) is 0 Å². The molecule has 110 valence electrons. The van der Waals surface area contributed by atoms with E-state index >= 15 is 0 Å². The number of nitrogens with one attached hydrogen (secondary N) is 1. The van der Waals surface area contributed by atoms with Gasteiger partial charge in [0.2, 0.25) is 0 Å². The van der Waals surface area contributed by atoms with Gasteiger partial charge >= 0.3 is 0 Å². The maximum atomic E-state index is 6.07. The molecule has 0 aliphatic rings. The molecule has 3 aromatic rings. The summed E-state index contributed by atoms with van der Waals surface area (Å²) in [7, 11) is 0. The molecule has 0 saturated heterocycles. The highest BCUT2D eigenvalue weighted by Gasteiger charge is 2.23. The summed E-state index contributed by atoms with van der Waals surface area (Å²) in [5, 5.41) is 7.09. The lowest BCUT2D eigenvalue weighted by Gasteiger charge is -2.17. The molecule has 0 saturated carbocycles. The zero-order chi connectivity index (χ0) is 14.8. The molecular formula is C17H18INOS. The van der Waals surface area contributed by atoms with Crippen LogP contribution >= 0.6 is 33.9 Å². The first-order valence-corrected chi connectivity index (χ1v) is 9.18. The van der Waals surface area contributed by atoms with Crippen molar-refractivity contribution in [3.05, 3.63) is 55.5 Å². The number of aryl methyl sites for hydroxylation is 1. The maximum absolute atomic E-state index is 6.07. The van der Waals surface area contributed by atoms with Crippen LogP contribution in [0.1, 0.15) is 36.8 Å². The van der Waals surface area contributed by atoms with Crippen molar-refractivity contribution < 1.29 is 4.42 Å². The molecule has 0 radical (unpaired) electrons. The lowest BCUT2D eigenvalue weighted by atomic mass is 9.97. The predicted molar refractivity (Wildman–Crippen MR) is 98.1 cm³/mol. The molecule has 0 spiro atoms. The van der Waals surface area contributed by atoms with E-state index in [2.05, 4.69) is 71.4 Å². The van der Waals surface area contributed by atoms with Crippen LogP contribution in [0.5, 0.6) is 0 Å². The summed E-state index contributed by atoms with van der Waals surface area (Å²) in [4.78, 5) is 0. The van der Waals surface area contributed by atoms with Crippen LogP contribution < -0.4 is 5.32 Å². The van der Waals surface area contributed by atoms with Gasteiger partial charge in [-0.15, -0.1) is 11.3 Å². The van der Waals surface area contributed by atoms with Crippen LogP contribution in [0.4, 0.5) is 0 Å². The minimum Gasteiger partial charge on any atom is -0.461 e. The smallest absolute Gasteiger partial charge is 0.134 e. The monoisotopic (exact) mass is 411 g/mol. The Labute approximate surface area is 142 Å². The van der Waals surface area contributed by atoms with Crippen LogP contribution in [-0.4, -0.2) is 6.54 Å². The first kappa shape index (κ1) is 15.1. The van der Waals surface area contributed by atoms with Gasteiger partial charge in [-0.1, -0.05) is 32.0 Å². The first-order valence-electron chi connectivity index (χ1n) is 7.22. The molecule has 1 N–H and O–H groups in total. The van der Waals surface area contributed by atoms with Gasteiger partial charge in [0, 0.05) is 17.4 Å². The Morgan fingerprint density at radius 2 is 2.10 bits per heavy atom. The summed E-state index contributed by atoms with van der Waals surface area (Å²) in [5.41, 5.74) is 3.61. The van der Waals surface area contributed by atoms with E-state index in [1.807, 2.05) is 6.07 Å². The number of thiophene rings is 1. The molecule has 21 heavy (non-hydrogen) atoms. The standard InChI is InChI=1S/C17H18INOS/c1-3-13-16(12-7-5-6-8-14(12)20-13)17(19-4-2)11-9-15(18)21-10-11/h5-10,17,19H,3-4H2,1-2H3. The van der Waals surface area contributed by atoms with Crippen LogP contribution in [0, 0.1) is 2.88 Å². The van der Waals surface area contributed by atoms with E-state index in [0.29, 0.717) is 0 Å². The molecule has 1 atom stereocenters. The summed E-state index contributed by atoms with van der Waals surface area (Å²) < 4.78 is 7.38. The lowest BCUT2D eigenvalue weighted by molar-refractivity contribution is 0.534. The van der Waals surface area contributed by atoms with Crippen molar-refractivity contribution in [3.8, 4) is 0 Å². The van der Waals surface area contributed by atoms with Crippen LogP contribution in [0.2, 0.25) is 0 Å². The van der Waals surface area contributed by atoms with E-state index in [0.717, 1.165) is 24.3 Å². The zero-order valence-electron chi connectivity index (χ0n) is 12.2. The third-order valence-corrected chi connectivity index (χ3v) is 5.46. The van der Waals surface area contributed by atoms with Gasteiger partial charge in [0.25, 0.3) is 0 Å². The molecule has 0 aliphatic heterocycles. The molecule has 2 aromatic heterocycles. The lowest BCUT2D eigenvalue weighted by Crippen LogP contribution is -2.22. The van der Waals surface area contributed by atoms with Crippen molar-refractivity contribution in [2.75, 3.05) is 6.54 Å². The van der Waals surface area contributed by atoms with Gasteiger partial charge in [-0.3, -0.25) is 0 Å². The van der Waals surface area contributed by atoms with Gasteiger partial charge in [0.15, 0.2) is 0 Å². The van der Waals surface area contributed by atoms with Crippen LogP contribution in [-0.2, 0) is 6.42 Å². The van der Waals surface area contributed by atoms with E-state index in [9.17, 15) is 0 Å². The molecular weight excluding hydrogens is 393 g/mol. The van der Waals surface area contributed by atoms with Gasteiger partial charge in [0.05, 0.1) is 8.93 Å². The fraction of sp³-hybridized carbons (Fsp3) is 0.294. The Balaban J connectivity index is 2.18. The fourth-order valence-corrected chi connectivity index (χ4v) is 4.16. The summed E-state index contributed by atoms with van der Waals surface area (Å²) in [6.07, 6.45) is 0.910. The number of benzene rings is 1. The van der Waals surface area contributed by atoms with E-state index in [4.69, 9.17) is 4.42 Å². The topological polar surface area (TPSA) is 25.2 Å². The Kier molecular flexibility index (Phi) is 4.66. The quantitative estimate of drug-likeness (QED) is 0.572. The van der Waals surface area contributed by atoms with Crippen molar-refractivity contribution >= 4 is 44.9 Å². The third-order valence-electron chi connectivity index (χ3n) is 3.65. The maximum Gasteiger partial charge on any atom is 0.134 e. The summed E-state index contributed by atoms with van der Waals surface area (Å²) >= 11 is 4.17. The molecule has 0 amide bonds. The largest absolute Gasteiger partial charge is 0.461 e. The van der Waals surface area contributed by atoms with Gasteiger partial charge in [0.1, 0.15) is 11.3 Å². The summed E-state index contributed by atoms with van der Waals surface area (Å²) in [6.45, 7) is 5.24. The number of fused-ring (bicyclic) bond motifs is 1. The highest BCUT2D eigenvalue weighted by Crippen LogP contribution is 2.36. The molecule has 4 heteroatoms. The van der Waals surface area contributed by atoms with Crippen molar-refractivity contribution in [1.82, 2.24) is 5.32 Å². The van der Waals surface area contributed by atoms with E-state index in [-0.39, 0.29) is 6.04 Å². The Bertz CT molecular complexity index is 746. The summed E-state index contributed by atoms with van der Waals surface area (Å²) in [6, 6.07) is 10.8. The van der Waals surface area contributed by atoms with E-state index in [1.54, 1.807) is 11.3 Å². The van der Waals surface area contributed by atoms with Crippen molar-refractivity contribution in [1.29, 1.82) is 0 Å². The average Bonchev–Trinajstić information content (AvgIpc) is 3.08. The van der Waals surface area contributed by atoms with Crippen LogP contribution in [0.25, 0.3) is 11.0 Å². The molecule has 2 heterocycles. The van der Waals surface area contributed by atoms with Crippen LogP contribution in [0.15, 0.2) is 40.1 Å². The van der Waals surface area contributed by atoms with E-state index < -0.39 is 0 Å². The molecule has 3 rings (SSSR count). The number of para-hydroxylation sites is 1. The zero-order valence-corrected chi connectivity index (χ0v) is 15.1. The second kappa shape index (κ2) is 6.50. The Hall–Kier alpha value is -0.850. The van der Waals surface area contributed by atoms with Crippen molar-refractivity contribution in [3.63, 3.8) is 0 Å². The Morgan fingerprint density at radius 1 is 1.29 bits per heavy atom. The predicted octanol–water partition coefficient (Wildman–Crippen LogP) is 5.36. The minimum atomic E-state index is 0.202. The van der Waals surface area contributed by atoms with Gasteiger partial charge in [-0.25, -0.2) is 0 Å². The minimum absolute atomic E-state index is 0.202. The summed E-state index contributed by atoms with van der Waals surface area (Å²) in [5.74, 6) is 1.09. The highest BCUT2D eigenvalue weighted by molar-refractivity contribution is 14.1. The van der Waals surface area contributed by atoms with Gasteiger partial charge in [-0.2, -0.15) is 0 Å². The molecule has 0 fully saturated rings. The second-order valence-electron chi connectivity index (χ2n) is 4.96. The number of hydrogen-bond donors (Lipinski definition) is 1. The number of furan rings is 1. The molecule has 0 aliphatic carbocycles. The van der Waals surface area contributed by atoms with Crippen molar-refractivity contribution in [2.24, 2.45) is 0 Å². The fourth-order valence-electron chi connectivity index (χ4n) is 2.76. The molecule has 1 aromatic carbocycles. The number of halogens is 1.